The second kappa shape index (κ2) is 7.01. The van der Waals surface area contributed by atoms with Crippen molar-refractivity contribution >= 4 is 11.7 Å². The maximum absolute atomic E-state index is 12.4. The van der Waals surface area contributed by atoms with E-state index in [9.17, 15) is 4.79 Å². The number of likely N-dealkylation sites (tertiary alicyclic amines) is 1. The van der Waals surface area contributed by atoms with E-state index in [2.05, 4.69) is 55.1 Å². The Labute approximate surface area is 139 Å². The van der Waals surface area contributed by atoms with E-state index < -0.39 is 0 Å². The van der Waals surface area contributed by atoms with Crippen molar-refractivity contribution in [1.29, 1.82) is 0 Å². The van der Waals surface area contributed by atoms with Gasteiger partial charge in [0.2, 0.25) is 5.91 Å². The van der Waals surface area contributed by atoms with Crippen molar-refractivity contribution in [3.05, 3.63) is 11.8 Å². The van der Waals surface area contributed by atoms with Crippen LogP contribution in [0.3, 0.4) is 0 Å². The number of anilines is 1. The second-order valence-electron chi connectivity index (χ2n) is 7.80. The molecule has 1 atom stereocenters. The van der Waals surface area contributed by atoms with Crippen molar-refractivity contribution in [2.75, 3.05) is 39.0 Å². The molecule has 1 aromatic rings. The predicted molar refractivity (Wildman–Crippen MR) is 93.7 cm³/mol. The highest BCUT2D eigenvalue weighted by Gasteiger charge is 2.24. The van der Waals surface area contributed by atoms with Gasteiger partial charge in [0.05, 0.1) is 17.8 Å². The molecule has 23 heavy (non-hydrogen) atoms. The van der Waals surface area contributed by atoms with Gasteiger partial charge >= 0.3 is 0 Å². The normalized spacial score (nSPS) is 20.0. The Hall–Kier alpha value is -1.40. The van der Waals surface area contributed by atoms with Crippen LogP contribution >= 0.6 is 0 Å². The van der Waals surface area contributed by atoms with E-state index in [1.54, 1.807) is 0 Å². The molecule has 2 rings (SSSR count). The van der Waals surface area contributed by atoms with Crippen molar-refractivity contribution in [3.63, 3.8) is 0 Å². The lowest BCUT2D eigenvalue weighted by Gasteiger charge is -2.35. The monoisotopic (exact) mass is 321 g/mol. The molecule has 0 radical (unpaired) electrons. The molecular weight excluding hydrogens is 290 g/mol. The maximum atomic E-state index is 12.4. The van der Waals surface area contributed by atoms with Gasteiger partial charge in [-0.1, -0.05) is 0 Å². The first-order chi connectivity index (χ1) is 10.7. The molecular formula is C17H31N5O. The topological polar surface area (TPSA) is 53.4 Å². The highest BCUT2D eigenvalue weighted by atomic mass is 16.2. The lowest BCUT2D eigenvalue weighted by atomic mass is 10.1. The molecule has 1 aromatic heterocycles. The summed E-state index contributed by atoms with van der Waals surface area (Å²) in [4.78, 5) is 16.9. The smallest absolute Gasteiger partial charge is 0.239 e. The molecule has 1 aliphatic rings. The van der Waals surface area contributed by atoms with Crippen LogP contribution in [-0.2, 0) is 10.3 Å². The van der Waals surface area contributed by atoms with E-state index in [-0.39, 0.29) is 11.4 Å². The summed E-state index contributed by atoms with van der Waals surface area (Å²) in [6, 6.07) is 2.47. The Bertz CT molecular complexity index is 544. The van der Waals surface area contributed by atoms with E-state index in [4.69, 9.17) is 0 Å². The van der Waals surface area contributed by atoms with Crippen LogP contribution in [0.5, 0.6) is 0 Å². The number of rotatable bonds is 4. The number of hydrogen-bond donors (Lipinski definition) is 1. The van der Waals surface area contributed by atoms with Gasteiger partial charge in [-0.25, -0.2) is 4.68 Å². The zero-order valence-electron chi connectivity index (χ0n) is 15.4. The van der Waals surface area contributed by atoms with E-state index in [0.29, 0.717) is 12.6 Å². The minimum absolute atomic E-state index is 0.0369. The molecule has 0 aliphatic carbocycles. The largest absolute Gasteiger partial charge is 0.310 e. The minimum Gasteiger partial charge on any atom is -0.310 e. The number of piperidine rings is 1. The number of nitrogens with zero attached hydrogens (tertiary/aromatic N) is 4. The van der Waals surface area contributed by atoms with Crippen LogP contribution in [0, 0.1) is 6.92 Å². The van der Waals surface area contributed by atoms with Gasteiger partial charge in [0.25, 0.3) is 0 Å². The van der Waals surface area contributed by atoms with Crippen molar-refractivity contribution in [2.45, 2.75) is 52.1 Å². The Morgan fingerprint density at radius 2 is 2.13 bits per heavy atom. The number of carbonyl (C=O) groups is 1. The molecule has 0 aromatic carbocycles. The summed E-state index contributed by atoms with van der Waals surface area (Å²) in [5.74, 6) is 0.816. The molecule has 0 saturated carbocycles. The van der Waals surface area contributed by atoms with Crippen LogP contribution in [-0.4, -0.2) is 65.3 Å². The molecule has 1 fully saturated rings. The predicted octanol–water partition coefficient (Wildman–Crippen LogP) is 1.91. The fourth-order valence-electron chi connectivity index (χ4n) is 3.08. The molecule has 1 N–H and O–H groups in total. The summed E-state index contributed by atoms with van der Waals surface area (Å²) >= 11 is 0. The quantitative estimate of drug-likeness (QED) is 0.920. The van der Waals surface area contributed by atoms with E-state index >= 15 is 0 Å². The van der Waals surface area contributed by atoms with Gasteiger partial charge in [-0.3, -0.25) is 9.69 Å². The molecule has 0 spiro atoms. The van der Waals surface area contributed by atoms with Crippen molar-refractivity contribution < 1.29 is 4.79 Å². The van der Waals surface area contributed by atoms with Crippen molar-refractivity contribution in [2.24, 2.45) is 0 Å². The van der Waals surface area contributed by atoms with E-state index in [1.165, 1.54) is 6.42 Å². The van der Waals surface area contributed by atoms with E-state index in [1.807, 2.05) is 17.7 Å². The van der Waals surface area contributed by atoms with Crippen LogP contribution in [0.4, 0.5) is 5.82 Å². The van der Waals surface area contributed by atoms with Crippen LogP contribution < -0.4 is 5.32 Å². The SMILES string of the molecule is Cc1cc(NC(=O)CN2CCCC(N(C)C)C2)n(C(C)(C)C)n1. The average Bonchev–Trinajstić information content (AvgIpc) is 2.79. The number of amides is 1. The summed E-state index contributed by atoms with van der Waals surface area (Å²) < 4.78 is 1.89. The fraction of sp³-hybridized carbons (Fsp3) is 0.765. The molecule has 1 unspecified atom stereocenters. The standard InChI is InChI=1S/C17H31N5O/c1-13-10-15(22(19-13)17(2,3)4)18-16(23)12-21-9-7-8-14(11-21)20(5)6/h10,14H,7-9,11-12H2,1-6H3,(H,18,23). The fourth-order valence-corrected chi connectivity index (χ4v) is 3.08. The molecule has 1 amide bonds. The summed E-state index contributed by atoms with van der Waals surface area (Å²) in [5, 5.41) is 7.53. The van der Waals surface area contributed by atoms with Crippen molar-refractivity contribution in [3.8, 4) is 0 Å². The first-order valence-corrected chi connectivity index (χ1v) is 8.42. The lowest BCUT2D eigenvalue weighted by Crippen LogP contribution is -2.47. The highest BCUT2D eigenvalue weighted by molar-refractivity contribution is 5.91. The third kappa shape index (κ3) is 4.78. The minimum atomic E-state index is -0.155. The van der Waals surface area contributed by atoms with Crippen LogP contribution in [0.25, 0.3) is 0 Å². The molecule has 1 saturated heterocycles. The molecule has 6 nitrogen and oxygen atoms in total. The Kier molecular flexibility index (Phi) is 5.47. The molecule has 0 bridgehead atoms. The summed E-state index contributed by atoms with van der Waals surface area (Å²) in [6.45, 7) is 10.6. The molecule has 2 heterocycles. The first-order valence-electron chi connectivity index (χ1n) is 8.42. The van der Waals surface area contributed by atoms with E-state index in [0.717, 1.165) is 31.0 Å². The van der Waals surface area contributed by atoms with Gasteiger partial charge in [-0.05, 0) is 61.2 Å². The zero-order valence-corrected chi connectivity index (χ0v) is 15.4. The average molecular weight is 321 g/mol. The zero-order chi connectivity index (χ0) is 17.2. The first kappa shape index (κ1) is 17.9. The Balaban J connectivity index is 1.98. The van der Waals surface area contributed by atoms with Crippen molar-refractivity contribution in [1.82, 2.24) is 19.6 Å². The maximum Gasteiger partial charge on any atom is 0.239 e. The Morgan fingerprint density at radius 3 is 2.74 bits per heavy atom. The van der Waals surface area contributed by atoms with Crippen LogP contribution in [0.15, 0.2) is 6.07 Å². The summed E-state index contributed by atoms with van der Waals surface area (Å²) in [7, 11) is 4.22. The molecule has 1 aliphatic heterocycles. The van der Waals surface area contributed by atoms with Gasteiger partial charge in [0.15, 0.2) is 0 Å². The third-order valence-corrected chi connectivity index (χ3v) is 4.31. The number of hydrogen-bond acceptors (Lipinski definition) is 4. The van der Waals surface area contributed by atoms with Crippen LogP contribution in [0.1, 0.15) is 39.3 Å². The van der Waals surface area contributed by atoms with Gasteiger partial charge in [-0.2, -0.15) is 5.10 Å². The third-order valence-electron chi connectivity index (χ3n) is 4.31. The number of likely N-dealkylation sites (N-methyl/N-ethyl adjacent to an activating group) is 1. The second-order valence-corrected chi connectivity index (χ2v) is 7.80. The highest BCUT2D eigenvalue weighted by Crippen LogP contribution is 2.21. The van der Waals surface area contributed by atoms with Gasteiger partial charge < -0.3 is 10.2 Å². The lowest BCUT2D eigenvalue weighted by molar-refractivity contribution is -0.117. The summed E-state index contributed by atoms with van der Waals surface area (Å²) in [6.07, 6.45) is 2.36. The molecule has 130 valence electrons. The van der Waals surface area contributed by atoms with Gasteiger partial charge in [-0.15, -0.1) is 0 Å². The molecule has 6 heteroatoms. The van der Waals surface area contributed by atoms with Gasteiger partial charge in [0.1, 0.15) is 5.82 Å². The van der Waals surface area contributed by atoms with Crippen LogP contribution in [0.2, 0.25) is 0 Å². The summed E-state index contributed by atoms with van der Waals surface area (Å²) in [5.41, 5.74) is 0.763. The number of carbonyl (C=O) groups excluding carboxylic acids is 1. The number of aryl methyl sites for hydroxylation is 1. The number of aromatic nitrogens is 2. The van der Waals surface area contributed by atoms with Gasteiger partial charge in [0, 0.05) is 18.7 Å². The number of nitrogens with one attached hydrogen (secondary N) is 1. The Morgan fingerprint density at radius 1 is 1.43 bits per heavy atom.